The minimum absolute atomic E-state index is 0.0277. The lowest BCUT2D eigenvalue weighted by atomic mass is 10.1. The number of aliphatic hydroxyl groups excluding tert-OH is 4. The lowest BCUT2D eigenvalue weighted by Gasteiger charge is -2.15. The molecule has 1 aromatic rings. The van der Waals surface area contributed by atoms with Gasteiger partial charge in [-0.25, -0.2) is 0 Å². The van der Waals surface area contributed by atoms with E-state index in [0.717, 1.165) is 18.4 Å². The van der Waals surface area contributed by atoms with Crippen LogP contribution in [0.4, 0.5) is 0 Å². The fourth-order valence-corrected chi connectivity index (χ4v) is 3.94. The van der Waals surface area contributed by atoms with Gasteiger partial charge in [0.05, 0.1) is 44.5 Å². The summed E-state index contributed by atoms with van der Waals surface area (Å²) >= 11 is 0. The molecule has 0 aliphatic carbocycles. The quantitative estimate of drug-likeness (QED) is 0.157. The second-order valence-electron chi connectivity index (χ2n) is 8.12. The standard InChI is InChI=1S/C23H40O9S/c1-2-3-4-5-6-7-8-19-9-11-23(12-10-19)33(28,29)32-18-22(27)17-31-16-21(26)15-30-14-20(25)13-24/h9-12,20-22,24-27H,2-8,13-18H2,1H3. The van der Waals surface area contributed by atoms with Gasteiger partial charge >= 0.3 is 0 Å². The molecule has 1 aromatic carbocycles. The Morgan fingerprint density at radius 1 is 0.758 bits per heavy atom. The van der Waals surface area contributed by atoms with Crippen molar-refractivity contribution < 1.29 is 42.5 Å². The van der Waals surface area contributed by atoms with Crippen LogP contribution in [0.15, 0.2) is 29.2 Å². The number of benzene rings is 1. The van der Waals surface area contributed by atoms with Crippen molar-refractivity contribution in [1.82, 2.24) is 0 Å². The second-order valence-corrected chi connectivity index (χ2v) is 9.73. The van der Waals surface area contributed by atoms with E-state index in [1.165, 1.54) is 44.2 Å². The Bertz CT molecular complexity index is 709. The molecule has 0 radical (unpaired) electrons. The van der Waals surface area contributed by atoms with Gasteiger partial charge in [0.25, 0.3) is 10.1 Å². The summed E-state index contributed by atoms with van der Waals surface area (Å²) in [4.78, 5) is 0.0277. The molecule has 0 heterocycles. The normalized spacial score (nSPS) is 14.8. The van der Waals surface area contributed by atoms with Gasteiger partial charge in [-0.2, -0.15) is 8.42 Å². The van der Waals surface area contributed by atoms with E-state index in [4.69, 9.17) is 23.9 Å². The van der Waals surface area contributed by atoms with Crippen molar-refractivity contribution >= 4 is 10.1 Å². The Hall–Kier alpha value is -1.11. The molecule has 3 unspecified atom stereocenters. The van der Waals surface area contributed by atoms with Crippen LogP contribution in [0.5, 0.6) is 0 Å². The van der Waals surface area contributed by atoms with Crippen LogP contribution in [-0.2, 0) is 30.2 Å². The molecule has 0 saturated carbocycles. The number of ether oxygens (including phenoxy) is 2. The maximum absolute atomic E-state index is 12.3. The largest absolute Gasteiger partial charge is 0.394 e. The number of unbranched alkanes of at least 4 members (excludes halogenated alkanes) is 5. The summed E-state index contributed by atoms with van der Waals surface area (Å²) in [6.07, 6.45) is 4.90. The maximum Gasteiger partial charge on any atom is 0.297 e. The van der Waals surface area contributed by atoms with E-state index in [-0.39, 0.29) is 31.3 Å². The van der Waals surface area contributed by atoms with Crippen molar-refractivity contribution in [2.24, 2.45) is 0 Å². The molecule has 0 aromatic heterocycles. The summed E-state index contributed by atoms with van der Waals surface area (Å²) in [6, 6.07) is 6.58. The average molecular weight is 493 g/mol. The van der Waals surface area contributed by atoms with Gasteiger partial charge < -0.3 is 29.9 Å². The van der Waals surface area contributed by atoms with Gasteiger partial charge in [-0.15, -0.1) is 0 Å². The molecule has 33 heavy (non-hydrogen) atoms. The first-order valence-electron chi connectivity index (χ1n) is 11.6. The summed E-state index contributed by atoms with van der Waals surface area (Å²) in [6.45, 7) is 0.646. The van der Waals surface area contributed by atoms with Gasteiger partial charge in [0.2, 0.25) is 0 Å². The van der Waals surface area contributed by atoms with E-state index in [9.17, 15) is 18.6 Å². The molecular formula is C23H40O9S. The van der Waals surface area contributed by atoms with Crippen LogP contribution in [0, 0.1) is 0 Å². The summed E-state index contributed by atoms with van der Waals surface area (Å²) in [7, 11) is -4.00. The Labute approximate surface area is 197 Å². The molecule has 9 nitrogen and oxygen atoms in total. The first-order chi connectivity index (χ1) is 15.8. The highest BCUT2D eigenvalue weighted by atomic mass is 32.2. The number of rotatable bonds is 20. The van der Waals surface area contributed by atoms with E-state index in [1.54, 1.807) is 12.1 Å². The topological polar surface area (TPSA) is 143 Å². The molecule has 0 fully saturated rings. The summed E-state index contributed by atoms with van der Waals surface area (Å²) in [5, 5.41) is 37.3. The van der Waals surface area contributed by atoms with Crippen LogP contribution in [0.2, 0.25) is 0 Å². The van der Waals surface area contributed by atoms with Gasteiger partial charge in [-0.05, 0) is 30.5 Å². The molecule has 3 atom stereocenters. The molecule has 0 aliphatic rings. The first-order valence-corrected chi connectivity index (χ1v) is 13.0. The summed E-state index contributed by atoms with van der Waals surface area (Å²) < 4.78 is 39.7. The predicted octanol–water partition coefficient (Wildman–Crippen LogP) is 1.40. The van der Waals surface area contributed by atoms with Crippen molar-refractivity contribution in [3.8, 4) is 0 Å². The zero-order chi connectivity index (χ0) is 24.5. The van der Waals surface area contributed by atoms with Crippen molar-refractivity contribution in [3.63, 3.8) is 0 Å². The molecule has 0 aliphatic heterocycles. The molecular weight excluding hydrogens is 452 g/mol. The monoisotopic (exact) mass is 492 g/mol. The zero-order valence-electron chi connectivity index (χ0n) is 19.5. The zero-order valence-corrected chi connectivity index (χ0v) is 20.3. The minimum Gasteiger partial charge on any atom is -0.394 e. The van der Waals surface area contributed by atoms with Gasteiger partial charge in [0.1, 0.15) is 18.3 Å². The summed E-state index contributed by atoms with van der Waals surface area (Å²) in [5.41, 5.74) is 1.08. The predicted molar refractivity (Wildman–Crippen MR) is 123 cm³/mol. The van der Waals surface area contributed by atoms with E-state index in [2.05, 4.69) is 6.92 Å². The van der Waals surface area contributed by atoms with Crippen LogP contribution in [0.1, 0.15) is 51.0 Å². The molecule has 1 rings (SSSR count). The fraction of sp³-hybridized carbons (Fsp3) is 0.739. The van der Waals surface area contributed by atoms with Gasteiger partial charge in [0.15, 0.2) is 0 Å². The summed E-state index contributed by atoms with van der Waals surface area (Å²) in [5.74, 6) is 0. The van der Waals surface area contributed by atoms with E-state index in [0.29, 0.717) is 0 Å². The Kier molecular flexibility index (Phi) is 15.7. The van der Waals surface area contributed by atoms with Crippen LogP contribution < -0.4 is 0 Å². The third-order valence-corrected chi connectivity index (χ3v) is 6.19. The van der Waals surface area contributed by atoms with Gasteiger partial charge in [0, 0.05) is 0 Å². The molecule has 4 N–H and O–H groups in total. The number of hydrogen-bond acceptors (Lipinski definition) is 9. The smallest absolute Gasteiger partial charge is 0.297 e. The SMILES string of the molecule is CCCCCCCCc1ccc(S(=O)(=O)OCC(O)COCC(O)COCC(O)CO)cc1. The van der Waals surface area contributed by atoms with Crippen LogP contribution in [0.25, 0.3) is 0 Å². The van der Waals surface area contributed by atoms with Crippen LogP contribution >= 0.6 is 0 Å². The van der Waals surface area contributed by atoms with Gasteiger partial charge in [-0.1, -0.05) is 51.2 Å². The minimum atomic E-state index is -4.00. The van der Waals surface area contributed by atoms with E-state index >= 15 is 0 Å². The maximum atomic E-state index is 12.3. The van der Waals surface area contributed by atoms with E-state index < -0.39 is 41.6 Å². The molecule has 10 heteroatoms. The van der Waals surface area contributed by atoms with Crippen LogP contribution in [-0.4, -0.2) is 86.8 Å². The first kappa shape index (κ1) is 29.9. The van der Waals surface area contributed by atoms with Crippen molar-refractivity contribution in [1.29, 1.82) is 0 Å². The third-order valence-electron chi connectivity index (χ3n) is 4.90. The number of aliphatic hydroxyl groups is 4. The van der Waals surface area contributed by atoms with Crippen molar-refractivity contribution in [2.75, 3.05) is 39.6 Å². The Morgan fingerprint density at radius 3 is 1.85 bits per heavy atom. The lowest BCUT2D eigenvalue weighted by Crippen LogP contribution is -2.29. The highest BCUT2D eigenvalue weighted by Crippen LogP contribution is 2.16. The van der Waals surface area contributed by atoms with Crippen molar-refractivity contribution in [3.05, 3.63) is 29.8 Å². The molecule has 192 valence electrons. The third kappa shape index (κ3) is 14.0. The second kappa shape index (κ2) is 17.3. The molecule has 0 spiro atoms. The molecule has 0 saturated heterocycles. The van der Waals surface area contributed by atoms with Crippen molar-refractivity contribution in [2.45, 2.75) is 75.1 Å². The number of aryl methyl sites for hydroxylation is 1. The number of hydrogen-bond donors (Lipinski definition) is 4. The lowest BCUT2D eigenvalue weighted by molar-refractivity contribution is -0.0614. The average Bonchev–Trinajstić information content (AvgIpc) is 2.80. The van der Waals surface area contributed by atoms with Gasteiger partial charge in [-0.3, -0.25) is 4.18 Å². The highest BCUT2D eigenvalue weighted by Gasteiger charge is 2.18. The van der Waals surface area contributed by atoms with E-state index in [1.807, 2.05) is 0 Å². The molecule has 0 bridgehead atoms. The Morgan fingerprint density at radius 2 is 1.27 bits per heavy atom. The van der Waals surface area contributed by atoms with Crippen LogP contribution in [0.3, 0.4) is 0 Å². The highest BCUT2D eigenvalue weighted by molar-refractivity contribution is 7.86. The fourth-order valence-electron chi connectivity index (χ4n) is 3.00. The Balaban J connectivity index is 2.27. The molecule has 0 amide bonds.